The van der Waals surface area contributed by atoms with E-state index in [0.29, 0.717) is 17.1 Å². The molecule has 5 rings (SSSR count). The Labute approximate surface area is 232 Å². The SMILES string of the molecule is COc1ccc(CN(c2ccncn2)S(=O)(=O)c2ccc(O[C@H]3CCC[C@@H]3c3ccnn3C)cc2F)c(OC)c1. The lowest BCUT2D eigenvalue weighted by Gasteiger charge is -2.25. The maximum Gasteiger partial charge on any atom is 0.268 e. The number of benzene rings is 2. The Hall–Kier alpha value is -4.19. The maximum atomic E-state index is 15.5. The number of sulfonamides is 1. The number of methoxy groups -OCH3 is 2. The predicted molar refractivity (Wildman–Crippen MR) is 146 cm³/mol. The Kier molecular flexibility index (Phi) is 7.88. The quantitative estimate of drug-likeness (QED) is 0.276. The average molecular weight is 568 g/mol. The van der Waals surface area contributed by atoms with E-state index in [2.05, 4.69) is 15.1 Å². The van der Waals surface area contributed by atoms with Gasteiger partial charge in [0.2, 0.25) is 0 Å². The van der Waals surface area contributed by atoms with Gasteiger partial charge in [-0.1, -0.05) is 0 Å². The summed E-state index contributed by atoms with van der Waals surface area (Å²) in [5.41, 5.74) is 1.59. The number of hydrogen-bond donors (Lipinski definition) is 0. The summed E-state index contributed by atoms with van der Waals surface area (Å²) in [4.78, 5) is 7.51. The lowest BCUT2D eigenvalue weighted by atomic mass is 10.0. The number of aryl methyl sites for hydroxylation is 1. The molecule has 0 N–H and O–H groups in total. The van der Waals surface area contributed by atoms with Crippen LogP contribution in [0.2, 0.25) is 0 Å². The Morgan fingerprint density at radius 1 is 1.02 bits per heavy atom. The highest BCUT2D eigenvalue weighted by molar-refractivity contribution is 7.92. The van der Waals surface area contributed by atoms with E-state index in [9.17, 15) is 8.42 Å². The van der Waals surface area contributed by atoms with E-state index in [-0.39, 0.29) is 30.1 Å². The van der Waals surface area contributed by atoms with Crippen molar-refractivity contribution >= 4 is 15.8 Å². The molecule has 0 unspecified atom stereocenters. The molecule has 0 bridgehead atoms. The third-order valence-electron chi connectivity index (χ3n) is 7.08. The predicted octanol–water partition coefficient (Wildman–Crippen LogP) is 4.48. The van der Waals surface area contributed by atoms with E-state index in [1.807, 2.05) is 17.8 Å². The van der Waals surface area contributed by atoms with Crippen LogP contribution in [0.15, 0.2) is 72.1 Å². The van der Waals surface area contributed by atoms with Gasteiger partial charge in [-0.3, -0.25) is 4.68 Å². The smallest absolute Gasteiger partial charge is 0.268 e. The molecule has 10 nitrogen and oxygen atoms in total. The topological polar surface area (TPSA) is 109 Å². The van der Waals surface area contributed by atoms with Crippen molar-refractivity contribution in [2.24, 2.45) is 7.05 Å². The van der Waals surface area contributed by atoms with Crippen molar-refractivity contribution < 1.29 is 27.0 Å². The molecule has 1 aliphatic rings. The van der Waals surface area contributed by atoms with Gasteiger partial charge in [-0.2, -0.15) is 5.10 Å². The molecule has 2 aromatic carbocycles. The highest BCUT2D eigenvalue weighted by Gasteiger charge is 2.34. The molecular formula is C28H30FN5O5S. The third-order valence-corrected chi connectivity index (χ3v) is 8.86. The molecular weight excluding hydrogens is 537 g/mol. The van der Waals surface area contributed by atoms with E-state index in [1.165, 1.54) is 44.9 Å². The van der Waals surface area contributed by atoms with Crippen LogP contribution in [-0.2, 0) is 23.6 Å². The summed E-state index contributed by atoms with van der Waals surface area (Å²) in [6, 6.07) is 12.3. The highest BCUT2D eigenvalue weighted by atomic mass is 32.2. The molecule has 2 heterocycles. The van der Waals surface area contributed by atoms with Gasteiger partial charge in [0.1, 0.15) is 46.2 Å². The number of hydrogen-bond acceptors (Lipinski definition) is 8. The van der Waals surface area contributed by atoms with Crippen LogP contribution in [0.4, 0.5) is 10.2 Å². The van der Waals surface area contributed by atoms with E-state index in [4.69, 9.17) is 14.2 Å². The van der Waals surface area contributed by atoms with Gasteiger partial charge in [0.25, 0.3) is 10.0 Å². The molecule has 1 fully saturated rings. The van der Waals surface area contributed by atoms with Crippen LogP contribution in [0.1, 0.15) is 36.4 Å². The molecule has 0 spiro atoms. The third kappa shape index (κ3) is 5.44. The molecule has 2 atom stereocenters. The zero-order valence-electron chi connectivity index (χ0n) is 22.4. The first kappa shape index (κ1) is 27.4. The molecule has 1 aliphatic carbocycles. The molecule has 1 saturated carbocycles. The van der Waals surface area contributed by atoms with Gasteiger partial charge >= 0.3 is 0 Å². The first-order chi connectivity index (χ1) is 19.3. The number of aromatic nitrogens is 4. The van der Waals surface area contributed by atoms with Crippen molar-refractivity contribution in [1.82, 2.24) is 19.7 Å². The first-order valence-corrected chi connectivity index (χ1v) is 14.2. The fourth-order valence-corrected chi connectivity index (χ4v) is 6.51. The van der Waals surface area contributed by atoms with Gasteiger partial charge in [-0.25, -0.2) is 27.1 Å². The molecule has 2 aromatic heterocycles. The van der Waals surface area contributed by atoms with Gasteiger partial charge in [0, 0.05) is 54.8 Å². The molecule has 40 heavy (non-hydrogen) atoms. The minimum atomic E-state index is -4.41. The lowest BCUT2D eigenvalue weighted by molar-refractivity contribution is 0.186. The van der Waals surface area contributed by atoms with Crippen LogP contribution in [0, 0.1) is 5.82 Å². The second kappa shape index (κ2) is 11.5. The number of anilines is 1. The summed E-state index contributed by atoms with van der Waals surface area (Å²) in [5, 5.41) is 4.25. The van der Waals surface area contributed by atoms with Crippen LogP contribution in [-0.4, -0.2) is 48.5 Å². The normalized spacial score (nSPS) is 17.0. The Bertz CT molecular complexity index is 1580. The van der Waals surface area contributed by atoms with Crippen LogP contribution < -0.4 is 18.5 Å². The van der Waals surface area contributed by atoms with Gasteiger partial charge < -0.3 is 14.2 Å². The van der Waals surface area contributed by atoms with Crippen LogP contribution in [0.5, 0.6) is 17.2 Å². The van der Waals surface area contributed by atoms with E-state index >= 15 is 4.39 Å². The molecule has 0 aliphatic heterocycles. The summed E-state index contributed by atoms with van der Waals surface area (Å²) in [6.07, 6.45) is 6.94. The monoisotopic (exact) mass is 567 g/mol. The Morgan fingerprint density at radius 3 is 2.52 bits per heavy atom. The molecule has 210 valence electrons. The first-order valence-electron chi connectivity index (χ1n) is 12.8. The van der Waals surface area contributed by atoms with Gasteiger partial charge in [0.15, 0.2) is 0 Å². The average Bonchev–Trinajstić information content (AvgIpc) is 3.59. The molecule has 0 amide bonds. The van der Waals surface area contributed by atoms with E-state index < -0.39 is 20.7 Å². The Balaban J connectivity index is 1.45. The zero-order valence-corrected chi connectivity index (χ0v) is 23.2. The van der Waals surface area contributed by atoms with Crippen molar-refractivity contribution in [3.8, 4) is 17.2 Å². The summed E-state index contributed by atoms with van der Waals surface area (Å²) in [6.45, 7) is -0.168. The molecule has 4 aromatic rings. The van der Waals surface area contributed by atoms with E-state index in [0.717, 1.165) is 35.3 Å². The second-order valence-electron chi connectivity index (χ2n) is 9.42. The number of ether oxygens (including phenoxy) is 3. The van der Waals surface area contributed by atoms with Gasteiger partial charge in [-0.05, 0) is 49.6 Å². The largest absolute Gasteiger partial charge is 0.497 e. The Morgan fingerprint density at radius 2 is 1.85 bits per heavy atom. The van der Waals surface area contributed by atoms with Crippen molar-refractivity contribution in [2.45, 2.75) is 42.7 Å². The number of rotatable bonds is 10. The van der Waals surface area contributed by atoms with Crippen LogP contribution >= 0.6 is 0 Å². The molecule has 0 saturated heterocycles. The van der Waals surface area contributed by atoms with Crippen molar-refractivity contribution in [3.05, 3.63) is 84.3 Å². The molecule has 0 radical (unpaired) electrons. The zero-order chi connectivity index (χ0) is 28.3. The minimum Gasteiger partial charge on any atom is -0.497 e. The van der Waals surface area contributed by atoms with Gasteiger partial charge in [-0.15, -0.1) is 0 Å². The maximum absolute atomic E-state index is 15.5. The van der Waals surface area contributed by atoms with Crippen molar-refractivity contribution in [1.29, 1.82) is 0 Å². The molecule has 12 heteroatoms. The van der Waals surface area contributed by atoms with Crippen LogP contribution in [0.3, 0.4) is 0 Å². The lowest BCUT2D eigenvalue weighted by Crippen LogP contribution is -2.32. The van der Waals surface area contributed by atoms with E-state index in [1.54, 1.807) is 24.4 Å². The fraction of sp³-hybridized carbons (Fsp3) is 0.321. The summed E-state index contributed by atoms with van der Waals surface area (Å²) in [5.74, 6) is 0.502. The van der Waals surface area contributed by atoms with Crippen molar-refractivity contribution in [3.63, 3.8) is 0 Å². The number of nitrogens with zero attached hydrogens (tertiary/aromatic N) is 5. The highest BCUT2D eigenvalue weighted by Crippen LogP contribution is 2.38. The minimum absolute atomic E-state index is 0.0811. The standard InChI is InChI=1S/C28H30FN5O5S/c1-33-24(11-14-32-33)22-5-4-6-25(22)39-21-9-10-27(23(29)15-21)40(35,36)34(28-12-13-30-18-31-28)17-19-7-8-20(37-2)16-26(19)38-3/h7-16,18,22,25H,4-6,17H2,1-3H3/t22-,25+/m1/s1. The van der Waals surface area contributed by atoms with Crippen molar-refractivity contribution in [2.75, 3.05) is 18.5 Å². The summed E-state index contributed by atoms with van der Waals surface area (Å²) in [7, 11) is 0.476. The number of halogens is 1. The summed E-state index contributed by atoms with van der Waals surface area (Å²) < 4.78 is 63.0. The summed E-state index contributed by atoms with van der Waals surface area (Å²) >= 11 is 0. The fourth-order valence-electron chi connectivity index (χ4n) is 5.07. The van der Waals surface area contributed by atoms with Crippen LogP contribution in [0.25, 0.3) is 0 Å². The second-order valence-corrected chi connectivity index (χ2v) is 11.3. The van der Waals surface area contributed by atoms with Gasteiger partial charge in [0.05, 0.1) is 20.8 Å².